The van der Waals surface area contributed by atoms with E-state index in [-0.39, 0.29) is 5.91 Å². The Balaban J connectivity index is 1.85. The van der Waals surface area contributed by atoms with Crippen molar-refractivity contribution in [2.24, 2.45) is 0 Å². The molecule has 0 aliphatic carbocycles. The maximum Gasteiger partial charge on any atom is 0.224 e. The normalized spacial score (nSPS) is 15.3. The highest BCUT2D eigenvalue weighted by atomic mass is 16.2. The number of aromatic nitrogens is 2. The molecule has 7 nitrogen and oxygen atoms in total. The summed E-state index contributed by atoms with van der Waals surface area (Å²) in [6.45, 7) is 6.67. The number of carbonyl (C=O) groups is 1. The smallest absolute Gasteiger partial charge is 0.224 e. The van der Waals surface area contributed by atoms with Crippen molar-refractivity contribution < 1.29 is 4.79 Å². The second kappa shape index (κ2) is 7.93. The van der Waals surface area contributed by atoms with E-state index in [2.05, 4.69) is 39.2 Å². The molecule has 0 saturated carbocycles. The molecule has 22 heavy (non-hydrogen) atoms. The lowest BCUT2D eigenvalue weighted by Crippen LogP contribution is -2.48. The second-order valence-electron chi connectivity index (χ2n) is 5.82. The quantitative estimate of drug-likeness (QED) is 0.773. The molecule has 0 spiro atoms. The maximum absolute atomic E-state index is 11.4. The van der Waals surface area contributed by atoms with Crippen LogP contribution in [0.25, 0.3) is 0 Å². The van der Waals surface area contributed by atoms with Crippen LogP contribution in [0.2, 0.25) is 0 Å². The summed E-state index contributed by atoms with van der Waals surface area (Å²) in [7, 11) is 4.13. The lowest BCUT2D eigenvalue weighted by Gasteiger charge is -2.34. The Morgan fingerprint density at radius 3 is 2.68 bits per heavy atom. The van der Waals surface area contributed by atoms with Crippen LogP contribution >= 0.6 is 0 Å². The van der Waals surface area contributed by atoms with E-state index in [1.807, 2.05) is 11.0 Å². The zero-order chi connectivity index (χ0) is 15.9. The topological polar surface area (TPSA) is 64.6 Å². The third kappa shape index (κ3) is 4.84. The van der Waals surface area contributed by atoms with Crippen LogP contribution in [0, 0.1) is 0 Å². The van der Waals surface area contributed by atoms with Gasteiger partial charge in [-0.1, -0.05) is 0 Å². The molecular weight excluding hydrogens is 280 g/mol. The van der Waals surface area contributed by atoms with E-state index in [4.69, 9.17) is 0 Å². The molecular formula is C15H26N6O. The summed E-state index contributed by atoms with van der Waals surface area (Å²) in [6.07, 6.45) is 2.84. The van der Waals surface area contributed by atoms with E-state index >= 15 is 0 Å². The number of carbonyl (C=O) groups excluding carboxylic acids is 1. The first-order chi connectivity index (χ1) is 10.6. The zero-order valence-corrected chi connectivity index (χ0v) is 13.7. The lowest BCUT2D eigenvalue weighted by atomic mass is 10.3. The van der Waals surface area contributed by atoms with E-state index in [0.29, 0.717) is 5.95 Å². The minimum Gasteiger partial charge on any atom is -0.354 e. The first-order valence-corrected chi connectivity index (χ1v) is 7.78. The molecule has 1 aromatic rings. The van der Waals surface area contributed by atoms with Gasteiger partial charge < -0.3 is 20.0 Å². The standard InChI is InChI=1S/C15H26N6O/c1-13(22)20-9-11-21(12-10-20)14-5-7-17-15(18-14)16-6-4-8-19(2)3/h5,7H,4,6,8-12H2,1-3H3,(H,16,17,18). The Labute approximate surface area is 132 Å². The molecule has 0 radical (unpaired) electrons. The summed E-state index contributed by atoms with van der Waals surface area (Å²) in [5, 5.41) is 3.27. The fraction of sp³-hybridized carbons (Fsp3) is 0.667. The van der Waals surface area contributed by atoms with E-state index < -0.39 is 0 Å². The predicted molar refractivity (Wildman–Crippen MR) is 88.2 cm³/mol. The highest BCUT2D eigenvalue weighted by Crippen LogP contribution is 2.14. The third-order valence-corrected chi connectivity index (χ3v) is 3.76. The van der Waals surface area contributed by atoms with Gasteiger partial charge in [-0.2, -0.15) is 4.98 Å². The number of nitrogens with one attached hydrogen (secondary N) is 1. The van der Waals surface area contributed by atoms with E-state index in [9.17, 15) is 4.79 Å². The Morgan fingerprint density at radius 1 is 1.32 bits per heavy atom. The molecule has 0 atom stereocenters. The number of hydrogen-bond acceptors (Lipinski definition) is 6. The van der Waals surface area contributed by atoms with Gasteiger partial charge in [-0.25, -0.2) is 4.98 Å². The molecule has 2 heterocycles. The molecule has 1 saturated heterocycles. The highest BCUT2D eigenvalue weighted by molar-refractivity contribution is 5.73. The third-order valence-electron chi connectivity index (χ3n) is 3.76. The number of anilines is 2. The zero-order valence-electron chi connectivity index (χ0n) is 13.7. The lowest BCUT2D eigenvalue weighted by molar-refractivity contribution is -0.129. The van der Waals surface area contributed by atoms with Crippen LogP contribution in [0.15, 0.2) is 12.3 Å². The number of hydrogen-bond donors (Lipinski definition) is 1. The van der Waals surface area contributed by atoms with Gasteiger partial charge in [0.2, 0.25) is 11.9 Å². The Morgan fingerprint density at radius 2 is 2.05 bits per heavy atom. The fourth-order valence-electron chi connectivity index (χ4n) is 2.46. The molecule has 1 N–H and O–H groups in total. The SMILES string of the molecule is CC(=O)N1CCN(c2ccnc(NCCCN(C)C)n2)CC1. The maximum atomic E-state index is 11.4. The summed E-state index contributed by atoms with van der Waals surface area (Å²) < 4.78 is 0. The van der Waals surface area contributed by atoms with Crippen LogP contribution < -0.4 is 10.2 Å². The van der Waals surface area contributed by atoms with Crippen LogP contribution in [0.5, 0.6) is 0 Å². The van der Waals surface area contributed by atoms with Gasteiger partial charge in [0, 0.05) is 45.8 Å². The number of piperazine rings is 1. The second-order valence-corrected chi connectivity index (χ2v) is 5.82. The van der Waals surface area contributed by atoms with Crippen molar-refractivity contribution >= 4 is 17.7 Å². The Bertz CT molecular complexity index is 485. The van der Waals surface area contributed by atoms with Crippen molar-refractivity contribution in [2.75, 3.05) is 63.6 Å². The minimum absolute atomic E-state index is 0.144. The van der Waals surface area contributed by atoms with Gasteiger partial charge in [-0.3, -0.25) is 4.79 Å². The molecule has 1 aliphatic rings. The van der Waals surface area contributed by atoms with E-state index in [0.717, 1.165) is 51.5 Å². The van der Waals surface area contributed by atoms with Crippen molar-refractivity contribution in [2.45, 2.75) is 13.3 Å². The summed E-state index contributed by atoms with van der Waals surface area (Å²) >= 11 is 0. The first kappa shape index (κ1) is 16.5. The summed E-state index contributed by atoms with van der Waals surface area (Å²) in [5.74, 6) is 1.74. The van der Waals surface area contributed by atoms with Gasteiger partial charge in [0.1, 0.15) is 5.82 Å². The number of amides is 1. The molecule has 1 fully saturated rings. The van der Waals surface area contributed by atoms with Crippen LogP contribution in [0.1, 0.15) is 13.3 Å². The average molecular weight is 306 g/mol. The van der Waals surface area contributed by atoms with Gasteiger partial charge in [0.05, 0.1) is 0 Å². The van der Waals surface area contributed by atoms with Gasteiger partial charge in [0.25, 0.3) is 0 Å². The van der Waals surface area contributed by atoms with Crippen molar-refractivity contribution in [3.63, 3.8) is 0 Å². The van der Waals surface area contributed by atoms with Gasteiger partial charge >= 0.3 is 0 Å². The Hall–Kier alpha value is -1.89. The molecule has 2 rings (SSSR count). The number of nitrogens with zero attached hydrogens (tertiary/aromatic N) is 5. The molecule has 0 unspecified atom stereocenters. The van der Waals surface area contributed by atoms with Gasteiger partial charge in [0.15, 0.2) is 0 Å². The van der Waals surface area contributed by atoms with Crippen LogP contribution in [-0.4, -0.2) is 79.0 Å². The summed E-state index contributed by atoms with van der Waals surface area (Å²) in [4.78, 5) is 26.4. The molecule has 1 aliphatic heterocycles. The highest BCUT2D eigenvalue weighted by Gasteiger charge is 2.19. The fourth-order valence-corrected chi connectivity index (χ4v) is 2.46. The Kier molecular flexibility index (Phi) is 5.94. The molecule has 1 amide bonds. The first-order valence-electron chi connectivity index (χ1n) is 7.78. The molecule has 7 heteroatoms. The van der Waals surface area contributed by atoms with Crippen LogP contribution in [0.4, 0.5) is 11.8 Å². The minimum atomic E-state index is 0.144. The summed E-state index contributed by atoms with van der Waals surface area (Å²) in [5.41, 5.74) is 0. The predicted octanol–water partition coefficient (Wildman–Crippen LogP) is 0.509. The monoisotopic (exact) mass is 306 g/mol. The molecule has 122 valence electrons. The van der Waals surface area contributed by atoms with Crippen LogP contribution in [0.3, 0.4) is 0 Å². The number of rotatable bonds is 6. The van der Waals surface area contributed by atoms with E-state index in [1.54, 1.807) is 13.1 Å². The molecule has 1 aromatic heterocycles. The summed E-state index contributed by atoms with van der Waals surface area (Å²) in [6, 6.07) is 1.93. The molecule has 0 aromatic carbocycles. The van der Waals surface area contributed by atoms with Gasteiger partial charge in [-0.05, 0) is 33.1 Å². The van der Waals surface area contributed by atoms with Crippen molar-refractivity contribution in [1.29, 1.82) is 0 Å². The molecule has 0 bridgehead atoms. The van der Waals surface area contributed by atoms with Crippen molar-refractivity contribution in [3.8, 4) is 0 Å². The van der Waals surface area contributed by atoms with Gasteiger partial charge in [-0.15, -0.1) is 0 Å². The van der Waals surface area contributed by atoms with Crippen molar-refractivity contribution in [1.82, 2.24) is 19.8 Å². The van der Waals surface area contributed by atoms with E-state index in [1.165, 1.54) is 0 Å². The largest absolute Gasteiger partial charge is 0.354 e. The van der Waals surface area contributed by atoms with Crippen molar-refractivity contribution in [3.05, 3.63) is 12.3 Å². The average Bonchev–Trinajstić information content (AvgIpc) is 2.52. The van der Waals surface area contributed by atoms with Crippen LogP contribution in [-0.2, 0) is 4.79 Å².